The van der Waals surface area contributed by atoms with E-state index >= 15 is 0 Å². The van der Waals surface area contributed by atoms with Gasteiger partial charge in [0.1, 0.15) is 5.56 Å². The van der Waals surface area contributed by atoms with Gasteiger partial charge in [-0.1, -0.05) is 29.3 Å². The molecule has 2 aromatic rings. The van der Waals surface area contributed by atoms with Crippen LogP contribution < -0.4 is 11.2 Å². The first kappa shape index (κ1) is 17.9. The van der Waals surface area contributed by atoms with E-state index in [1.165, 1.54) is 24.6 Å². The number of aromatic hydroxyl groups is 1. The number of aromatic amines is 1. The van der Waals surface area contributed by atoms with E-state index in [1.54, 1.807) is 12.1 Å². The zero-order chi connectivity index (χ0) is 18.5. The zero-order valence-electron chi connectivity index (χ0n) is 14.9. The summed E-state index contributed by atoms with van der Waals surface area (Å²) in [6.07, 6.45) is 9.17. The van der Waals surface area contributed by atoms with E-state index in [2.05, 4.69) is 16.1 Å². The molecule has 6 heteroatoms. The highest BCUT2D eigenvalue weighted by molar-refractivity contribution is 5.82. The van der Waals surface area contributed by atoms with Crippen LogP contribution in [-0.2, 0) is 0 Å². The number of nitrogens with one attached hydrogen (secondary N) is 1. The Labute approximate surface area is 151 Å². The van der Waals surface area contributed by atoms with Crippen LogP contribution in [0.4, 0.5) is 0 Å². The standard InChI is InChI=1S/C20H23N3O3/c1-14-7-9-16(10-8-14)23-19(25)17(18(24)22-20(23)26)13-21-12-11-15-5-3-2-4-6-15/h5,7-10,13,25H,2-4,6,11-12H2,1H3,(H,22,24,26). The second-order valence-corrected chi connectivity index (χ2v) is 6.56. The summed E-state index contributed by atoms with van der Waals surface area (Å²) in [4.78, 5) is 30.7. The van der Waals surface area contributed by atoms with Crippen LogP contribution in [0.2, 0.25) is 0 Å². The second-order valence-electron chi connectivity index (χ2n) is 6.56. The molecule has 0 unspecified atom stereocenters. The minimum Gasteiger partial charge on any atom is -0.493 e. The van der Waals surface area contributed by atoms with Gasteiger partial charge in [0.05, 0.1) is 5.69 Å². The number of rotatable bonds is 5. The summed E-state index contributed by atoms with van der Waals surface area (Å²) in [6.45, 7) is 2.48. The molecular formula is C20H23N3O3. The number of hydrogen-bond acceptors (Lipinski definition) is 4. The van der Waals surface area contributed by atoms with Gasteiger partial charge in [0.15, 0.2) is 0 Å². The highest BCUT2D eigenvalue weighted by Crippen LogP contribution is 2.20. The lowest BCUT2D eigenvalue weighted by Gasteiger charge is -2.11. The van der Waals surface area contributed by atoms with Crippen molar-refractivity contribution in [2.75, 3.05) is 6.54 Å². The quantitative estimate of drug-likeness (QED) is 0.640. The summed E-state index contributed by atoms with van der Waals surface area (Å²) in [7, 11) is 0. The highest BCUT2D eigenvalue weighted by Gasteiger charge is 2.14. The SMILES string of the molecule is Cc1ccc(-n2c(O)c(C=NCCC3=CCCCC3)c(=O)[nH]c2=O)cc1. The van der Waals surface area contributed by atoms with Gasteiger partial charge in [0, 0.05) is 12.8 Å². The van der Waals surface area contributed by atoms with Gasteiger partial charge in [-0.3, -0.25) is 14.8 Å². The summed E-state index contributed by atoms with van der Waals surface area (Å²) in [5.74, 6) is -0.400. The van der Waals surface area contributed by atoms with Gasteiger partial charge < -0.3 is 5.11 Å². The zero-order valence-corrected chi connectivity index (χ0v) is 14.9. The van der Waals surface area contributed by atoms with Crippen LogP contribution in [0.5, 0.6) is 5.88 Å². The van der Waals surface area contributed by atoms with Crippen LogP contribution in [0.15, 0.2) is 50.5 Å². The lowest BCUT2D eigenvalue weighted by molar-refractivity contribution is 0.430. The largest absolute Gasteiger partial charge is 0.493 e. The first-order chi connectivity index (χ1) is 12.6. The molecule has 1 aliphatic rings. The number of allylic oxidation sites excluding steroid dienone is 1. The van der Waals surface area contributed by atoms with Gasteiger partial charge in [-0.25, -0.2) is 9.36 Å². The average molecular weight is 353 g/mol. The van der Waals surface area contributed by atoms with Gasteiger partial charge in [0.2, 0.25) is 5.88 Å². The Morgan fingerprint density at radius 2 is 2.00 bits per heavy atom. The van der Waals surface area contributed by atoms with Crippen molar-refractivity contribution in [2.45, 2.75) is 39.0 Å². The fourth-order valence-electron chi connectivity index (χ4n) is 3.08. The molecule has 0 aliphatic heterocycles. The third-order valence-electron chi connectivity index (χ3n) is 4.58. The Morgan fingerprint density at radius 3 is 2.69 bits per heavy atom. The molecule has 0 radical (unpaired) electrons. The molecule has 0 saturated carbocycles. The normalized spacial score (nSPS) is 14.6. The second kappa shape index (κ2) is 7.99. The minimum absolute atomic E-state index is 0.0113. The van der Waals surface area contributed by atoms with E-state index in [1.807, 2.05) is 19.1 Å². The van der Waals surface area contributed by atoms with Crippen molar-refractivity contribution < 1.29 is 5.11 Å². The molecule has 0 amide bonds. The van der Waals surface area contributed by atoms with Crippen molar-refractivity contribution in [3.8, 4) is 11.6 Å². The highest BCUT2D eigenvalue weighted by atomic mass is 16.3. The molecule has 0 atom stereocenters. The molecule has 1 aromatic heterocycles. The third kappa shape index (κ3) is 4.02. The molecule has 2 N–H and O–H groups in total. The maximum atomic E-state index is 12.1. The molecule has 0 saturated heterocycles. The van der Waals surface area contributed by atoms with E-state index in [0.717, 1.165) is 29.4 Å². The van der Waals surface area contributed by atoms with Crippen molar-refractivity contribution in [3.63, 3.8) is 0 Å². The Kier molecular flexibility index (Phi) is 5.51. The van der Waals surface area contributed by atoms with Gasteiger partial charge in [-0.2, -0.15) is 0 Å². The lowest BCUT2D eigenvalue weighted by Crippen LogP contribution is -2.31. The summed E-state index contributed by atoms with van der Waals surface area (Å²) in [5, 5.41) is 10.5. The number of hydrogen-bond donors (Lipinski definition) is 2. The summed E-state index contributed by atoms with van der Waals surface area (Å²) in [5.41, 5.74) is 1.58. The third-order valence-corrected chi connectivity index (χ3v) is 4.58. The molecule has 0 fully saturated rings. The van der Waals surface area contributed by atoms with E-state index in [4.69, 9.17) is 0 Å². The predicted octanol–water partition coefficient (Wildman–Crippen LogP) is 2.85. The molecule has 1 heterocycles. The minimum atomic E-state index is -0.680. The number of nitrogens with zero attached hydrogens (tertiary/aromatic N) is 2. The lowest BCUT2D eigenvalue weighted by atomic mass is 9.97. The van der Waals surface area contributed by atoms with Crippen molar-refractivity contribution in [3.05, 3.63) is 67.9 Å². The van der Waals surface area contributed by atoms with E-state index in [0.29, 0.717) is 12.2 Å². The van der Waals surface area contributed by atoms with Gasteiger partial charge in [-0.15, -0.1) is 0 Å². The fraction of sp³-hybridized carbons (Fsp3) is 0.350. The number of H-pyrrole nitrogens is 1. The van der Waals surface area contributed by atoms with Crippen LogP contribution in [0, 0.1) is 6.92 Å². The van der Waals surface area contributed by atoms with E-state index in [-0.39, 0.29) is 5.56 Å². The Balaban J connectivity index is 1.85. The van der Waals surface area contributed by atoms with Crippen LogP contribution in [0.3, 0.4) is 0 Å². The first-order valence-corrected chi connectivity index (χ1v) is 8.89. The number of aryl methyl sites for hydroxylation is 1. The van der Waals surface area contributed by atoms with E-state index < -0.39 is 17.1 Å². The van der Waals surface area contributed by atoms with Crippen LogP contribution >= 0.6 is 0 Å². The van der Waals surface area contributed by atoms with Gasteiger partial charge in [-0.05, 0) is 51.2 Å². The molecular weight excluding hydrogens is 330 g/mol. The molecule has 0 bridgehead atoms. The Bertz CT molecular complexity index is 950. The maximum absolute atomic E-state index is 12.1. The Hall–Kier alpha value is -2.89. The maximum Gasteiger partial charge on any atom is 0.335 e. The fourth-order valence-corrected chi connectivity index (χ4v) is 3.08. The summed E-state index contributed by atoms with van der Waals surface area (Å²) in [6, 6.07) is 7.09. The van der Waals surface area contributed by atoms with Crippen molar-refractivity contribution in [1.29, 1.82) is 0 Å². The van der Waals surface area contributed by atoms with Crippen molar-refractivity contribution in [1.82, 2.24) is 9.55 Å². The number of aromatic nitrogens is 2. The molecule has 26 heavy (non-hydrogen) atoms. The molecule has 6 nitrogen and oxygen atoms in total. The van der Waals surface area contributed by atoms with E-state index in [9.17, 15) is 14.7 Å². The summed E-state index contributed by atoms with van der Waals surface area (Å²) >= 11 is 0. The molecule has 1 aromatic carbocycles. The first-order valence-electron chi connectivity index (χ1n) is 8.89. The van der Waals surface area contributed by atoms with Crippen LogP contribution in [-0.4, -0.2) is 27.4 Å². The summed E-state index contributed by atoms with van der Waals surface area (Å²) < 4.78 is 1.08. The smallest absolute Gasteiger partial charge is 0.335 e. The van der Waals surface area contributed by atoms with Crippen LogP contribution in [0.1, 0.15) is 43.2 Å². The van der Waals surface area contributed by atoms with Crippen LogP contribution in [0.25, 0.3) is 5.69 Å². The van der Waals surface area contributed by atoms with Crippen molar-refractivity contribution in [2.24, 2.45) is 4.99 Å². The molecule has 1 aliphatic carbocycles. The predicted molar refractivity (Wildman–Crippen MR) is 103 cm³/mol. The monoisotopic (exact) mass is 353 g/mol. The van der Waals surface area contributed by atoms with Gasteiger partial charge in [0.25, 0.3) is 5.56 Å². The topological polar surface area (TPSA) is 87.4 Å². The van der Waals surface area contributed by atoms with Crippen molar-refractivity contribution >= 4 is 6.21 Å². The number of benzene rings is 1. The number of aliphatic imine (C=N–C) groups is 1. The Morgan fingerprint density at radius 1 is 1.23 bits per heavy atom. The van der Waals surface area contributed by atoms with Gasteiger partial charge >= 0.3 is 5.69 Å². The molecule has 3 rings (SSSR count). The molecule has 0 spiro atoms. The molecule has 136 valence electrons. The average Bonchev–Trinajstić information content (AvgIpc) is 2.63.